The largest absolute Gasteiger partial charge is 0.460 e. The molecule has 3 N–H and O–H groups in total. The smallest absolute Gasteiger partial charge is 0.398 e. The van der Waals surface area contributed by atoms with Crippen molar-refractivity contribution >= 4 is 76.8 Å². The summed E-state index contributed by atoms with van der Waals surface area (Å²) >= 11 is 7.80. The van der Waals surface area contributed by atoms with Gasteiger partial charge in [0.1, 0.15) is 0 Å². The van der Waals surface area contributed by atoms with E-state index in [2.05, 4.69) is 53.1 Å². The van der Waals surface area contributed by atoms with Gasteiger partial charge in [-0.25, -0.2) is 0 Å². The number of rotatable bonds is 5. The zero-order valence-electron chi connectivity index (χ0n) is 14.1. The summed E-state index contributed by atoms with van der Waals surface area (Å²) in [5.74, 6) is -7.07. The molecular formula is C16H8Br3F7N2OS. The molecule has 0 aliphatic rings. The number of carbonyl (C=O) groups excluding carboxylic acids is 1. The molecule has 2 aromatic carbocycles. The molecule has 164 valence electrons. The van der Waals surface area contributed by atoms with Gasteiger partial charge in [-0.1, -0.05) is 12.1 Å². The molecule has 30 heavy (non-hydrogen) atoms. The van der Waals surface area contributed by atoms with Gasteiger partial charge in [0.25, 0.3) is 5.91 Å². The van der Waals surface area contributed by atoms with Gasteiger partial charge in [-0.3, -0.25) is 4.79 Å². The fourth-order valence-corrected chi connectivity index (χ4v) is 5.68. The van der Waals surface area contributed by atoms with E-state index in [1.165, 1.54) is 18.2 Å². The van der Waals surface area contributed by atoms with Crippen molar-refractivity contribution < 1.29 is 35.5 Å². The zero-order chi connectivity index (χ0) is 23.1. The Morgan fingerprint density at radius 2 is 1.53 bits per heavy atom. The number of halogens is 10. The summed E-state index contributed by atoms with van der Waals surface area (Å²) in [6.45, 7) is 0. The van der Waals surface area contributed by atoms with E-state index in [9.17, 15) is 35.5 Å². The minimum Gasteiger partial charge on any atom is -0.398 e. The lowest BCUT2D eigenvalue weighted by Crippen LogP contribution is -2.50. The molecule has 14 heteroatoms. The average molecular weight is 649 g/mol. The summed E-state index contributed by atoms with van der Waals surface area (Å²) in [6.07, 6.45) is -6.47. The normalized spacial score (nSPS) is 12.7. The first-order valence-corrected chi connectivity index (χ1v) is 10.6. The minimum atomic E-state index is -6.47. The molecule has 0 aromatic heterocycles. The Morgan fingerprint density at radius 1 is 0.967 bits per heavy atom. The van der Waals surface area contributed by atoms with E-state index in [1.807, 2.05) is 0 Å². The molecule has 2 rings (SSSR count). The molecule has 3 nitrogen and oxygen atoms in total. The van der Waals surface area contributed by atoms with Crippen molar-refractivity contribution in [2.75, 3.05) is 11.1 Å². The third-order valence-corrected chi connectivity index (χ3v) is 7.23. The van der Waals surface area contributed by atoms with E-state index >= 15 is 0 Å². The summed E-state index contributed by atoms with van der Waals surface area (Å²) in [7, 11) is 0. The van der Waals surface area contributed by atoms with Crippen molar-refractivity contribution in [3.8, 4) is 0 Å². The van der Waals surface area contributed by atoms with Gasteiger partial charge in [0, 0.05) is 19.5 Å². The van der Waals surface area contributed by atoms with E-state index in [0.717, 1.165) is 6.07 Å². The lowest BCUT2D eigenvalue weighted by Gasteiger charge is -2.28. The fourth-order valence-electron chi connectivity index (χ4n) is 2.02. The average Bonchev–Trinajstić information content (AvgIpc) is 2.61. The maximum Gasteiger partial charge on any atom is 0.460 e. The summed E-state index contributed by atoms with van der Waals surface area (Å²) in [5.41, 5.74) is 5.64. The van der Waals surface area contributed by atoms with Crippen LogP contribution in [0.15, 0.2) is 48.6 Å². The Morgan fingerprint density at radius 3 is 2.07 bits per heavy atom. The molecule has 0 spiro atoms. The van der Waals surface area contributed by atoms with Crippen LogP contribution in [0.5, 0.6) is 0 Å². The van der Waals surface area contributed by atoms with E-state index in [1.54, 1.807) is 6.07 Å². The number of nitrogens with two attached hydrogens (primary N) is 1. The molecule has 0 saturated heterocycles. The Hall–Kier alpha value is -0.990. The Labute approximate surface area is 194 Å². The van der Waals surface area contributed by atoms with Gasteiger partial charge in [-0.05, 0) is 77.8 Å². The van der Waals surface area contributed by atoms with Crippen molar-refractivity contribution in [1.82, 2.24) is 0 Å². The molecule has 0 aliphatic carbocycles. The highest BCUT2D eigenvalue weighted by molar-refractivity contribution is 9.11. The van der Waals surface area contributed by atoms with Crippen LogP contribution in [0.4, 0.5) is 42.1 Å². The van der Waals surface area contributed by atoms with Crippen LogP contribution in [0.2, 0.25) is 0 Å². The number of hydrogen-bond acceptors (Lipinski definition) is 3. The van der Waals surface area contributed by atoms with Gasteiger partial charge < -0.3 is 11.1 Å². The first kappa shape index (κ1) is 25.3. The van der Waals surface area contributed by atoms with E-state index in [4.69, 9.17) is 5.73 Å². The standard InChI is InChI=1S/C16H8Br3F7N2OS/c17-7-5-8(18)12(30-16(25,26)14(20,21)15(22,23)24)10(19)11(7)28-13(29)6-3-1-2-4-9(6)27/h1-5H,27H2,(H,28,29). The molecule has 0 aliphatic heterocycles. The molecule has 2 aromatic rings. The monoisotopic (exact) mass is 646 g/mol. The molecule has 0 saturated carbocycles. The Kier molecular flexibility index (Phi) is 7.47. The minimum absolute atomic E-state index is 0.0300. The fraction of sp³-hybridized carbons (Fsp3) is 0.188. The molecule has 0 heterocycles. The highest BCUT2D eigenvalue weighted by atomic mass is 79.9. The summed E-state index contributed by atoms with van der Waals surface area (Å²) < 4.78 is 91.2. The number of thioether (sulfide) groups is 1. The molecule has 1 amide bonds. The van der Waals surface area contributed by atoms with Gasteiger partial charge in [-0.15, -0.1) is 0 Å². The quantitative estimate of drug-likeness (QED) is 0.199. The van der Waals surface area contributed by atoms with Crippen LogP contribution in [-0.4, -0.2) is 23.3 Å². The molecular weight excluding hydrogens is 641 g/mol. The van der Waals surface area contributed by atoms with Crippen LogP contribution in [0.25, 0.3) is 0 Å². The zero-order valence-corrected chi connectivity index (χ0v) is 19.6. The first-order chi connectivity index (χ1) is 13.6. The van der Waals surface area contributed by atoms with Gasteiger partial charge in [0.05, 0.1) is 15.7 Å². The number of carbonyl (C=O) groups is 1. The van der Waals surface area contributed by atoms with Crippen LogP contribution >= 0.6 is 59.6 Å². The van der Waals surface area contributed by atoms with Crippen LogP contribution < -0.4 is 11.1 Å². The van der Waals surface area contributed by atoms with E-state index in [-0.39, 0.29) is 30.4 Å². The Balaban J connectivity index is 2.47. The van der Waals surface area contributed by atoms with Crippen LogP contribution in [0, 0.1) is 0 Å². The number of nitrogen functional groups attached to an aromatic ring is 1. The lowest BCUT2D eigenvalue weighted by molar-refractivity contribution is -0.330. The van der Waals surface area contributed by atoms with Gasteiger partial charge in [0.15, 0.2) is 0 Å². The molecule has 0 atom stereocenters. The molecule has 0 bridgehead atoms. The SMILES string of the molecule is Nc1ccccc1C(=O)Nc1c(Br)cc(Br)c(SC(F)(F)C(F)(F)C(F)(F)F)c1Br. The summed E-state index contributed by atoms with van der Waals surface area (Å²) in [5, 5.41) is -3.19. The summed E-state index contributed by atoms with van der Waals surface area (Å²) in [6, 6.07) is 6.99. The van der Waals surface area contributed by atoms with E-state index < -0.39 is 39.9 Å². The second-order valence-corrected chi connectivity index (χ2v) is 9.22. The van der Waals surface area contributed by atoms with Crippen LogP contribution in [0.3, 0.4) is 0 Å². The van der Waals surface area contributed by atoms with Crippen molar-refractivity contribution in [2.24, 2.45) is 0 Å². The highest BCUT2D eigenvalue weighted by Gasteiger charge is 2.73. The van der Waals surface area contributed by atoms with Crippen molar-refractivity contribution in [3.05, 3.63) is 49.3 Å². The number of benzene rings is 2. The maximum absolute atomic E-state index is 13.9. The van der Waals surface area contributed by atoms with Gasteiger partial charge in [0.2, 0.25) is 0 Å². The number of amides is 1. The van der Waals surface area contributed by atoms with Crippen LogP contribution in [-0.2, 0) is 0 Å². The predicted octanol–water partition coefficient (Wildman–Crippen LogP) is 7.69. The second kappa shape index (κ2) is 8.87. The second-order valence-electron chi connectivity index (χ2n) is 5.59. The first-order valence-electron chi connectivity index (χ1n) is 7.45. The third-order valence-electron chi connectivity index (χ3n) is 3.52. The highest BCUT2D eigenvalue weighted by Crippen LogP contribution is 2.57. The predicted molar refractivity (Wildman–Crippen MR) is 110 cm³/mol. The maximum atomic E-state index is 13.9. The lowest BCUT2D eigenvalue weighted by atomic mass is 10.1. The van der Waals surface area contributed by atoms with Crippen molar-refractivity contribution in [1.29, 1.82) is 0 Å². The topological polar surface area (TPSA) is 55.1 Å². The molecule has 0 fully saturated rings. The van der Waals surface area contributed by atoms with Crippen LogP contribution in [0.1, 0.15) is 10.4 Å². The molecule has 0 unspecified atom stereocenters. The number of anilines is 2. The summed E-state index contributed by atoms with van der Waals surface area (Å²) in [4.78, 5) is 11.8. The number of hydrogen-bond donors (Lipinski definition) is 2. The number of nitrogens with one attached hydrogen (secondary N) is 1. The number of alkyl halides is 7. The van der Waals surface area contributed by atoms with Gasteiger partial charge in [-0.2, -0.15) is 30.7 Å². The Bertz CT molecular complexity index is 986. The molecule has 0 radical (unpaired) electrons. The van der Waals surface area contributed by atoms with Crippen molar-refractivity contribution in [2.45, 2.75) is 22.2 Å². The van der Waals surface area contributed by atoms with Gasteiger partial charge >= 0.3 is 17.4 Å². The number of para-hydroxylation sites is 1. The van der Waals surface area contributed by atoms with E-state index in [0.29, 0.717) is 0 Å². The van der Waals surface area contributed by atoms with Crippen molar-refractivity contribution in [3.63, 3.8) is 0 Å². The third kappa shape index (κ3) is 4.91.